The minimum atomic E-state index is -1.37. The van der Waals surface area contributed by atoms with E-state index in [-0.39, 0.29) is 60.5 Å². The Bertz CT molecular complexity index is 2830. The van der Waals surface area contributed by atoms with Crippen LogP contribution in [-0.2, 0) is 12.8 Å². The van der Waals surface area contributed by atoms with Gasteiger partial charge in [-0.15, -0.1) is 0 Å². The number of carbonyl (C=O) groups is 1. The van der Waals surface area contributed by atoms with Crippen LogP contribution in [-0.4, -0.2) is 49.9 Å². The molecular formula is C47H44N8O8. The lowest BCUT2D eigenvalue weighted by atomic mass is 9.94. The summed E-state index contributed by atoms with van der Waals surface area (Å²) in [5, 5.41) is 18.4. The molecule has 2 unspecified atom stereocenters. The molecule has 0 amide bonds. The molecule has 10 N–H and O–H groups in total. The molecule has 0 fully saturated rings. The van der Waals surface area contributed by atoms with E-state index in [0.29, 0.717) is 52.7 Å². The van der Waals surface area contributed by atoms with E-state index in [4.69, 9.17) is 47.0 Å². The van der Waals surface area contributed by atoms with E-state index >= 15 is 0 Å². The van der Waals surface area contributed by atoms with Crippen molar-refractivity contribution in [2.45, 2.75) is 52.4 Å². The van der Waals surface area contributed by atoms with Crippen LogP contribution in [0.2, 0.25) is 0 Å². The predicted molar refractivity (Wildman–Crippen MR) is 237 cm³/mol. The fraction of sp³-hybridized carbons (Fsp3) is 0.213. The predicted octanol–water partition coefficient (Wildman–Crippen LogP) is 7.27. The van der Waals surface area contributed by atoms with Crippen LogP contribution in [0.25, 0.3) is 22.3 Å². The van der Waals surface area contributed by atoms with Gasteiger partial charge in [-0.25, -0.2) is 14.8 Å². The molecule has 8 rings (SSSR count). The van der Waals surface area contributed by atoms with E-state index in [9.17, 15) is 9.90 Å². The van der Waals surface area contributed by atoms with Gasteiger partial charge in [0.05, 0.1) is 22.5 Å². The number of ether oxygens (including phenoxy) is 5. The molecule has 2 aliphatic heterocycles. The minimum Gasteiger partial charge on any atom is -0.508 e. The Morgan fingerprint density at radius 3 is 1.51 bits per heavy atom. The largest absolute Gasteiger partial charge is 0.511 e. The van der Waals surface area contributed by atoms with Gasteiger partial charge in [0, 0.05) is 23.0 Å². The number of nitrogen functional groups attached to an aromatic ring is 4. The number of hydrogen-bond acceptors (Lipinski definition) is 15. The van der Waals surface area contributed by atoms with Crippen LogP contribution >= 0.6 is 0 Å². The van der Waals surface area contributed by atoms with E-state index in [1.807, 2.05) is 64.1 Å². The molecule has 4 aromatic carbocycles. The van der Waals surface area contributed by atoms with Crippen LogP contribution in [0, 0.1) is 23.7 Å². The van der Waals surface area contributed by atoms with E-state index < -0.39 is 6.16 Å². The Balaban J connectivity index is 0.000000190. The maximum atomic E-state index is 10.7. The van der Waals surface area contributed by atoms with Crippen molar-refractivity contribution >= 4 is 29.7 Å². The number of aryl methyl sites for hydroxylation is 2. The fourth-order valence-electron chi connectivity index (χ4n) is 6.84. The number of hydrogen-bond donors (Lipinski definition) is 6. The van der Waals surface area contributed by atoms with Gasteiger partial charge in [-0.1, -0.05) is 61.8 Å². The first kappa shape index (κ1) is 42.7. The number of carboxylic acid groups (broad SMARTS) is 1. The van der Waals surface area contributed by atoms with Gasteiger partial charge in [0.2, 0.25) is 25.5 Å². The molecule has 0 bridgehead atoms. The summed E-state index contributed by atoms with van der Waals surface area (Å²) in [7, 11) is 0. The SMILES string of the molecule is CCc1nc(N)nc(N)c1C#CC(C)c1cc2c(c(-c3ccc(O)cc3)c1)OCO2.CCc1nc(N)nc(N)c1C#CC(C)c1cc2c(c(-c3ccc(OC(=O)O)cc3)c1)OCO2. The highest BCUT2D eigenvalue weighted by molar-refractivity contribution is 5.78. The second-order valence-electron chi connectivity index (χ2n) is 14.3. The molecule has 0 saturated carbocycles. The van der Waals surface area contributed by atoms with E-state index in [1.54, 1.807) is 36.4 Å². The Hall–Kier alpha value is -8.37. The molecule has 0 saturated heterocycles. The fourth-order valence-corrected chi connectivity index (χ4v) is 6.84. The zero-order chi connectivity index (χ0) is 44.8. The molecule has 320 valence electrons. The summed E-state index contributed by atoms with van der Waals surface area (Å²) < 4.78 is 27.3. The van der Waals surface area contributed by atoms with Gasteiger partial charge < -0.3 is 56.8 Å². The van der Waals surface area contributed by atoms with Gasteiger partial charge in [-0.2, -0.15) is 9.97 Å². The van der Waals surface area contributed by atoms with E-state index in [2.05, 4.69) is 48.4 Å². The zero-order valence-electron chi connectivity index (χ0n) is 34.9. The number of phenolic OH excluding ortho intramolecular Hbond substituents is 1. The van der Waals surface area contributed by atoms with Crippen molar-refractivity contribution < 1.29 is 38.7 Å². The molecular weight excluding hydrogens is 805 g/mol. The highest BCUT2D eigenvalue weighted by Gasteiger charge is 2.24. The normalized spacial score (nSPS) is 12.7. The molecule has 2 aromatic heterocycles. The second-order valence-corrected chi connectivity index (χ2v) is 14.3. The van der Waals surface area contributed by atoms with Crippen molar-refractivity contribution in [3.8, 4) is 80.4 Å². The number of nitrogens with two attached hydrogens (primary N) is 4. The van der Waals surface area contributed by atoms with Gasteiger partial charge in [0.25, 0.3) is 0 Å². The van der Waals surface area contributed by atoms with E-state index in [0.717, 1.165) is 39.1 Å². The topological polar surface area (TPSA) is 259 Å². The molecule has 16 nitrogen and oxygen atoms in total. The Labute approximate surface area is 363 Å². The Kier molecular flexibility index (Phi) is 12.5. The van der Waals surface area contributed by atoms with E-state index in [1.165, 1.54) is 0 Å². The lowest BCUT2D eigenvalue weighted by Crippen LogP contribution is -2.07. The van der Waals surface area contributed by atoms with Crippen molar-refractivity contribution in [1.29, 1.82) is 0 Å². The van der Waals surface area contributed by atoms with Crippen LogP contribution in [0.1, 0.15) is 73.2 Å². The summed E-state index contributed by atoms with van der Waals surface area (Å²) in [4.78, 5) is 27.3. The lowest BCUT2D eigenvalue weighted by Gasteiger charge is -2.12. The smallest absolute Gasteiger partial charge is 0.508 e. The number of rotatable bonds is 7. The van der Waals surface area contributed by atoms with Crippen molar-refractivity contribution in [3.63, 3.8) is 0 Å². The third kappa shape index (κ3) is 9.66. The summed E-state index contributed by atoms with van der Waals surface area (Å²) in [6.07, 6.45) is -0.0803. The molecule has 4 heterocycles. The number of phenols is 1. The third-order valence-electron chi connectivity index (χ3n) is 10.1. The molecule has 6 aromatic rings. The molecule has 0 aliphatic carbocycles. The summed E-state index contributed by atoms with van der Waals surface area (Å²) in [5.74, 6) is 16.3. The number of nitrogens with zero attached hydrogens (tertiary/aromatic N) is 4. The summed E-state index contributed by atoms with van der Waals surface area (Å²) in [6.45, 7) is 8.18. The Morgan fingerprint density at radius 1 is 0.667 bits per heavy atom. The number of benzene rings is 4. The van der Waals surface area contributed by atoms with Gasteiger partial charge in [-0.05, 0) is 97.5 Å². The van der Waals surface area contributed by atoms with Crippen molar-refractivity contribution in [2.75, 3.05) is 36.5 Å². The van der Waals surface area contributed by atoms with Crippen molar-refractivity contribution in [1.82, 2.24) is 19.9 Å². The first-order chi connectivity index (χ1) is 30.3. The first-order valence-electron chi connectivity index (χ1n) is 19.9. The first-order valence-corrected chi connectivity index (χ1v) is 19.9. The number of anilines is 4. The van der Waals surface area contributed by atoms with Gasteiger partial charge in [0.1, 0.15) is 23.1 Å². The summed E-state index contributed by atoms with van der Waals surface area (Å²) >= 11 is 0. The molecule has 0 spiro atoms. The Morgan fingerprint density at radius 2 is 1.10 bits per heavy atom. The van der Waals surface area contributed by atoms with Crippen molar-refractivity contribution in [3.05, 3.63) is 106 Å². The standard InChI is InChI=1S/C24H22N4O5.C23H22N4O3/c1-3-19-17(22(25)28-23(26)27-19)9-4-13(2)15-10-18(21-20(11-15)31-12-32-21)14-5-7-16(8-6-14)33-24(29)30;1-3-19-17(22(24)27-23(25)26-19)9-4-13(2)15-10-18(14-5-7-16(28)8-6-14)21-20(11-15)29-12-30-21/h5-8,10-11,13H,3,12H2,1-2H3,(H,29,30)(H4,25,26,27,28);5-8,10-11,13,28H,3,12H2,1-2H3,(H4,24,25,26,27). The maximum absolute atomic E-state index is 10.7. The lowest BCUT2D eigenvalue weighted by molar-refractivity contribution is 0.144. The zero-order valence-corrected chi connectivity index (χ0v) is 34.9. The van der Waals surface area contributed by atoms with Gasteiger partial charge in [0.15, 0.2) is 23.0 Å². The number of aromatic nitrogens is 4. The minimum absolute atomic E-state index is 0.114. The van der Waals surface area contributed by atoms with Crippen LogP contribution in [0.15, 0.2) is 72.8 Å². The number of fused-ring (bicyclic) bond motifs is 2. The molecule has 16 heteroatoms. The molecule has 2 atom stereocenters. The maximum Gasteiger partial charge on any atom is 0.511 e. The van der Waals surface area contributed by atoms with Crippen molar-refractivity contribution in [2.24, 2.45) is 0 Å². The second kappa shape index (κ2) is 18.5. The average molecular weight is 849 g/mol. The monoisotopic (exact) mass is 848 g/mol. The molecule has 63 heavy (non-hydrogen) atoms. The third-order valence-corrected chi connectivity index (χ3v) is 10.1. The van der Waals surface area contributed by atoms with Crippen LogP contribution in [0.5, 0.6) is 34.5 Å². The summed E-state index contributed by atoms with van der Waals surface area (Å²) in [5.41, 5.74) is 31.4. The highest BCUT2D eigenvalue weighted by atomic mass is 16.7. The van der Waals surface area contributed by atoms with Gasteiger partial charge >= 0.3 is 6.16 Å². The van der Waals surface area contributed by atoms with Crippen LogP contribution in [0.3, 0.4) is 0 Å². The summed E-state index contributed by atoms with van der Waals surface area (Å²) in [6, 6.07) is 21.5. The number of aromatic hydroxyl groups is 1. The van der Waals surface area contributed by atoms with Crippen LogP contribution in [0.4, 0.5) is 28.3 Å². The quantitative estimate of drug-likeness (QED) is 0.0524. The molecule has 2 aliphatic rings. The van der Waals surface area contributed by atoms with Gasteiger partial charge in [-0.3, -0.25) is 0 Å². The molecule has 0 radical (unpaired) electrons. The highest BCUT2D eigenvalue weighted by Crippen LogP contribution is 2.45. The van der Waals surface area contributed by atoms with Crippen LogP contribution < -0.4 is 46.6 Å². The average Bonchev–Trinajstić information content (AvgIpc) is 3.95.